The highest BCUT2D eigenvalue weighted by molar-refractivity contribution is 7.99. The van der Waals surface area contributed by atoms with Crippen LogP contribution in [0.4, 0.5) is 0 Å². The van der Waals surface area contributed by atoms with Crippen LogP contribution in [0, 0.1) is 12.3 Å². The van der Waals surface area contributed by atoms with Gasteiger partial charge >= 0.3 is 0 Å². The van der Waals surface area contributed by atoms with E-state index in [-0.39, 0.29) is 5.84 Å². The molecule has 1 heterocycles. The second-order valence-corrected chi connectivity index (χ2v) is 6.11. The van der Waals surface area contributed by atoms with Crippen LogP contribution in [0.2, 0.25) is 0 Å². The summed E-state index contributed by atoms with van der Waals surface area (Å²) in [6.07, 6.45) is 3.24. The molecule has 0 saturated heterocycles. The zero-order chi connectivity index (χ0) is 14.1. The number of nitrogens with one attached hydrogen (secondary N) is 1. The van der Waals surface area contributed by atoms with E-state index in [0.717, 1.165) is 29.9 Å². The Hall–Kier alpha value is -1.81. The minimum atomic E-state index is 0.100. The average molecular weight is 283 g/mol. The molecule has 0 saturated carbocycles. The predicted molar refractivity (Wildman–Crippen MR) is 82.6 cm³/mol. The molecule has 3 rings (SSSR count). The fraction of sp³-hybridized carbons (Fsp3) is 0.250. The van der Waals surface area contributed by atoms with E-state index in [2.05, 4.69) is 25.1 Å². The highest BCUT2D eigenvalue weighted by atomic mass is 32.2. The van der Waals surface area contributed by atoms with Gasteiger partial charge < -0.3 is 5.73 Å². The Labute approximate surface area is 123 Å². The van der Waals surface area contributed by atoms with Crippen molar-refractivity contribution < 1.29 is 0 Å². The molecule has 0 unspecified atom stereocenters. The summed E-state index contributed by atoms with van der Waals surface area (Å²) in [4.78, 5) is 5.92. The van der Waals surface area contributed by atoms with Gasteiger partial charge in [0.1, 0.15) is 10.9 Å². The molecule has 0 spiro atoms. The summed E-state index contributed by atoms with van der Waals surface area (Å²) in [5.74, 6) is 0.100. The third-order valence-electron chi connectivity index (χ3n) is 3.61. The lowest BCUT2D eigenvalue weighted by molar-refractivity contribution is 0.891. The molecule has 0 atom stereocenters. The van der Waals surface area contributed by atoms with E-state index < -0.39 is 0 Å². The molecule has 0 radical (unpaired) electrons. The summed E-state index contributed by atoms with van der Waals surface area (Å²) < 4.78 is 0. The van der Waals surface area contributed by atoms with Crippen molar-refractivity contribution in [3.05, 3.63) is 52.7 Å². The molecule has 1 aliphatic rings. The molecule has 0 aliphatic heterocycles. The smallest absolute Gasteiger partial charge is 0.125 e. The fourth-order valence-electron chi connectivity index (χ4n) is 2.50. The van der Waals surface area contributed by atoms with Crippen LogP contribution in [0.5, 0.6) is 0 Å². The van der Waals surface area contributed by atoms with Crippen LogP contribution in [0.15, 0.2) is 40.3 Å². The van der Waals surface area contributed by atoms with Gasteiger partial charge in [-0.1, -0.05) is 30.0 Å². The minimum Gasteiger partial charge on any atom is -0.384 e. The average Bonchev–Trinajstić information content (AvgIpc) is 2.87. The van der Waals surface area contributed by atoms with Crippen LogP contribution < -0.4 is 5.73 Å². The minimum absolute atomic E-state index is 0.100. The summed E-state index contributed by atoms with van der Waals surface area (Å²) in [6, 6.07) is 10.3. The molecule has 1 aliphatic carbocycles. The van der Waals surface area contributed by atoms with Gasteiger partial charge in [-0.15, -0.1) is 0 Å². The normalized spacial score (nSPS) is 13.2. The van der Waals surface area contributed by atoms with E-state index >= 15 is 0 Å². The number of aromatic nitrogens is 1. The largest absolute Gasteiger partial charge is 0.384 e. The van der Waals surface area contributed by atoms with Gasteiger partial charge in [0.25, 0.3) is 0 Å². The maximum Gasteiger partial charge on any atom is 0.125 e. The van der Waals surface area contributed by atoms with Gasteiger partial charge in [0, 0.05) is 16.2 Å². The first kappa shape index (κ1) is 13.2. The van der Waals surface area contributed by atoms with Gasteiger partial charge in [-0.3, -0.25) is 5.41 Å². The highest BCUT2D eigenvalue weighted by Gasteiger charge is 2.18. The van der Waals surface area contributed by atoms with Crippen LogP contribution in [-0.4, -0.2) is 10.8 Å². The topological polar surface area (TPSA) is 62.8 Å². The molecular weight excluding hydrogens is 266 g/mol. The van der Waals surface area contributed by atoms with Crippen molar-refractivity contribution in [1.29, 1.82) is 5.41 Å². The molecule has 4 heteroatoms. The van der Waals surface area contributed by atoms with Crippen molar-refractivity contribution in [1.82, 2.24) is 4.98 Å². The quantitative estimate of drug-likeness (QED) is 0.671. The van der Waals surface area contributed by atoms with Gasteiger partial charge in [0.05, 0.1) is 0 Å². The van der Waals surface area contributed by atoms with Crippen molar-refractivity contribution in [3.63, 3.8) is 0 Å². The third kappa shape index (κ3) is 2.43. The van der Waals surface area contributed by atoms with E-state index in [9.17, 15) is 0 Å². The molecule has 0 amide bonds. The van der Waals surface area contributed by atoms with Gasteiger partial charge in [0.15, 0.2) is 0 Å². The Morgan fingerprint density at radius 3 is 2.85 bits per heavy atom. The number of aryl methyl sites for hydroxylation is 3. The number of benzene rings is 1. The maximum atomic E-state index is 7.78. The number of rotatable bonds is 3. The van der Waals surface area contributed by atoms with Crippen molar-refractivity contribution >= 4 is 17.6 Å². The van der Waals surface area contributed by atoms with E-state index in [1.807, 2.05) is 12.1 Å². The maximum absolute atomic E-state index is 7.78. The zero-order valence-electron chi connectivity index (χ0n) is 11.4. The van der Waals surface area contributed by atoms with Gasteiger partial charge in [-0.2, -0.15) is 0 Å². The molecule has 102 valence electrons. The Morgan fingerprint density at radius 1 is 1.30 bits per heavy atom. The van der Waals surface area contributed by atoms with Gasteiger partial charge in [-0.05, 0) is 49.4 Å². The van der Waals surface area contributed by atoms with Crippen molar-refractivity contribution in [2.75, 3.05) is 0 Å². The molecule has 2 aromatic rings. The monoisotopic (exact) mass is 283 g/mol. The number of nitrogen functional groups attached to an aromatic ring is 1. The number of nitrogens with two attached hydrogens (primary N) is 1. The first-order valence-corrected chi connectivity index (χ1v) is 7.57. The molecular formula is C16H17N3S. The summed E-state index contributed by atoms with van der Waals surface area (Å²) >= 11 is 1.60. The lowest BCUT2D eigenvalue weighted by Crippen LogP contribution is -2.14. The first-order chi connectivity index (χ1) is 9.65. The van der Waals surface area contributed by atoms with Crippen LogP contribution >= 0.6 is 11.8 Å². The molecule has 0 bridgehead atoms. The van der Waals surface area contributed by atoms with Crippen LogP contribution in [0.1, 0.15) is 28.8 Å². The number of fused-ring (bicyclic) bond motifs is 1. The molecule has 3 N–H and O–H groups in total. The van der Waals surface area contributed by atoms with E-state index in [4.69, 9.17) is 16.1 Å². The van der Waals surface area contributed by atoms with Crippen molar-refractivity contribution in [2.24, 2.45) is 5.73 Å². The number of amidine groups is 1. The molecule has 3 nitrogen and oxygen atoms in total. The van der Waals surface area contributed by atoms with E-state index in [1.54, 1.807) is 11.8 Å². The number of pyridine rings is 1. The summed E-state index contributed by atoms with van der Waals surface area (Å²) in [6.45, 7) is 2.09. The van der Waals surface area contributed by atoms with Crippen molar-refractivity contribution in [2.45, 2.75) is 36.1 Å². The zero-order valence-corrected chi connectivity index (χ0v) is 12.3. The van der Waals surface area contributed by atoms with E-state index in [0.29, 0.717) is 0 Å². The van der Waals surface area contributed by atoms with Crippen molar-refractivity contribution in [3.8, 4) is 0 Å². The lowest BCUT2D eigenvalue weighted by atomic mass is 10.1. The van der Waals surface area contributed by atoms with Crippen LogP contribution in [0.3, 0.4) is 0 Å². The number of hydrogen-bond acceptors (Lipinski definition) is 3. The third-order valence-corrected chi connectivity index (χ3v) is 4.79. The number of hydrogen-bond donors (Lipinski definition) is 2. The number of nitrogens with zero attached hydrogens (tertiary/aromatic N) is 1. The second-order valence-electron chi connectivity index (χ2n) is 5.08. The van der Waals surface area contributed by atoms with Gasteiger partial charge in [0.2, 0.25) is 0 Å². The first-order valence-electron chi connectivity index (χ1n) is 6.76. The fourth-order valence-corrected chi connectivity index (χ4v) is 3.52. The van der Waals surface area contributed by atoms with E-state index in [1.165, 1.54) is 21.7 Å². The molecule has 1 aromatic heterocycles. The Kier molecular flexibility index (Phi) is 3.49. The van der Waals surface area contributed by atoms with Gasteiger partial charge in [-0.25, -0.2) is 4.98 Å². The SMILES string of the molecule is Cc1ccccc1Sc1nc2c(cc1C(=N)N)CCC2. The predicted octanol–water partition coefficient (Wildman–Crippen LogP) is 3.31. The standard InChI is InChI=1S/C16H17N3S/c1-10-5-2-3-8-14(10)20-16-12(15(17)18)9-11-6-4-7-13(11)19-16/h2-3,5,8-9H,4,6-7H2,1H3,(H3,17,18). The van der Waals surface area contributed by atoms with Crippen LogP contribution in [0.25, 0.3) is 0 Å². The van der Waals surface area contributed by atoms with Crippen LogP contribution in [-0.2, 0) is 12.8 Å². The Bertz CT molecular complexity index is 679. The summed E-state index contributed by atoms with van der Waals surface area (Å²) in [5, 5.41) is 8.64. The molecule has 1 aromatic carbocycles. The summed E-state index contributed by atoms with van der Waals surface area (Å²) in [7, 11) is 0. The molecule has 20 heavy (non-hydrogen) atoms. The molecule has 0 fully saturated rings. The highest BCUT2D eigenvalue weighted by Crippen LogP contribution is 2.33. The Balaban J connectivity index is 2.04. The second kappa shape index (κ2) is 5.29. The summed E-state index contributed by atoms with van der Waals surface area (Å²) in [5.41, 5.74) is 10.1. The lowest BCUT2D eigenvalue weighted by Gasteiger charge is -2.11. The Morgan fingerprint density at radius 2 is 2.10 bits per heavy atom.